The van der Waals surface area contributed by atoms with Crippen LogP contribution >= 0.6 is 0 Å². The van der Waals surface area contributed by atoms with E-state index in [0.717, 1.165) is 6.08 Å². The molecule has 2 aromatic rings. The molecule has 6 N–H and O–H groups in total. The molecule has 0 saturated heterocycles. The van der Waals surface area contributed by atoms with E-state index in [-0.39, 0.29) is 40.4 Å². The lowest BCUT2D eigenvalue weighted by Gasteiger charge is -2.12. The summed E-state index contributed by atoms with van der Waals surface area (Å²) in [6.07, 6.45) is 1.05. The Hall–Kier alpha value is -4.16. The van der Waals surface area contributed by atoms with Crippen LogP contribution in [0.25, 0.3) is 5.70 Å². The molecule has 9 heteroatoms. The molecule has 0 spiro atoms. The van der Waals surface area contributed by atoms with Crippen LogP contribution in [0.15, 0.2) is 42.5 Å². The van der Waals surface area contributed by atoms with Gasteiger partial charge in [-0.2, -0.15) is 5.26 Å². The first-order valence-corrected chi connectivity index (χ1v) is 8.68. The van der Waals surface area contributed by atoms with Crippen LogP contribution in [0.1, 0.15) is 27.0 Å². The van der Waals surface area contributed by atoms with E-state index in [1.807, 2.05) is 6.07 Å². The second kappa shape index (κ2) is 9.86. The summed E-state index contributed by atoms with van der Waals surface area (Å²) in [6.45, 7) is 0.526. The summed E-state index contributed by atoms with van der Waals surface area (Å²) in [6, 6.07) is 10.3. The maximum absolute atomic E-state index is 12.5. The first kappa shape index (κ1) is 22.1. The fourth-order valence-electron chi connectivity index (χ4n) is 2.49. The molecule has 0 aliphatic rings. The number of nitrogens with zero attached hydrogens (tertiary/aromatic N) is 1. The molecule has 0 amide bonds. The smallest absolute Gasteiger partial charge is 0.335 e. The van der Waals surface area contributed by atoms with Crippen molar-refractivity contribution in [3.63, 3.8) is 0 Å². The van der Waals surface area contributed by atoms with E-state index in [2.05, 4.69) is 0 Å². The van der Waals surface area contributed by atoms with Crippen molar-refractivity contribution in [3.8, 4) is 11.8 Å². The summed E-state index contributed by atoms with van der Waals surface area (Å²) in [7, 11) is 1.51. The third-order valence-electron chi connectivity index (χ3n) is 4.08. The number of carboxylic acids is 1. The summed E-state index contributed by atoms with van der Waals surface area (Å²) in [5.74, 6) is -1.58. The maximum Gasteiger partial charge on any atom is 0.335 e. The van der Waals surface area contributed by atoms with Crippen LogP contribution in [-0.4, -0.2) is 42.9 Å². The van der Waals surface area contributed by atoms with Crippen molar-refractivity contribution in [2.24, 2.45) is 5.73 Å². The number of benzene rings is 2. The zero-order chi connectivity index (χ0) is 22.3. The van der Waals surface area contributed by atoms with Gasteiger partial charge in [0.15, 0.2) is 0 Å². The average Bonchev–Trinajstić information content (AvgIpc) is 2.73. The molecule has 0 aromatic heterocycles. The molecular weight excluding hydrogens is 388 g/mol. The van der Waals surface area contributed by atoms with E-state index in [4.69, 9.17) is 31.5 Å². The van der Waals surface area contributed by atoms with Crippen LogP contribution < -0.4 is 16.2 Å². The van der Waals surface area contributed by atoms with Crippen molar-refractivity contribution in [1.29, 1.82) is 10.7 Å². The van der Waals surface area contributed by atoms with Gasteiger partial charge in [-0.3, -0.25) is 10.2 Å². The zero-order valence-corrected chi connectivity index (χ0v) is 16.1. The van der Waals surface area contributed by atoms with Crippen molar-refractivity contribution < 1.29 is 24.2 Å². The van der Waals surface area contributed by atoms with Gasteiger partial charge in [-0.1, -0.05) is 12.1 Å². The Morgan fingerprint density at radius 1 is 1.20 bits per heavy atom. The van der Waals surface area contributed by atoms with Gasteiger partial charge in [0, 0.05) is 36.2 Å². The first-order valence-electron chi connectivity index (χ1n) is 8.68. The molecule has 0 aliphatic carbocycles. The number of rotatable bonds is 9. The predicted molar refractivity (Wildman–Crippen MR) is 110 cm³/mol. The van der Waals surface area contributed by atoms with Gasteiger partial charge in [-0.25, -0.2) is 4.79 Å². The normalized spacial score (nSPS) is 10.9. The molecule has 0 saturated carbocycles. The third kappa shape index (κ3) is 5.21. The van der Waals surface area contributed by atoms with E-state index in [0.29, 0.717) is 12.2 Å². The quantitative estimate of drug-likeness (QED) is 0.210. The SMILES string of the molecule is COCCOc1cc(N)c(C(=N)C(=O)C=C(N)c2ccc(C(=O)O)cc2)cc1C#N. The van der Waals surface area contributed by atoms with Gasteiger partial charge in [0.1, 0.15) is 24.1 Å². The molecule has 0 fully saturated rings. The van der Waals surface area contributed by atoms with E-state index in [9.17, 15) is 14.9 Å². The van der Waals surface area contributed by atoms with E-state index >= 15 is 0 Å². The van der Waals surface area contributed by atoms with Crippen molar-refractivity contribution in [3.05, 3.63) is 64.7 Å². The first-order chi connectivity index (χ1) is 14.3. The van der Waals surface area contributed by atoms with Crippen molar-refractivity contribution >= 4 is 28.8 Å². The Morgan fingerprint density at radius 2 is 1.83 bits per heavy atom. The second-order valence-electron chi connectivity index (χ2n) is 6.11. The fourth-order valence-corrected chi connectivity index (χ4v) is 2.49. The number of hydrogen-bond acceptors (Lipinski definition) is 8. The van der Waals surface area contributed by atoms with Crippen LogP contribution in [0.5, 0.6) is 5.75 Å². The van der Waals surface area contributed by atoms with Gasteiger partial charge in [0.25, 0.3) is 0 Å². The highest BCUT2D eigenvalue weighted by molar-refractivity contribution is 6.50. The molecule has 154 valence electrons. The van der Waals surface area contributed by atoms with Crippen molar-refractivity contribution in [2.45, 2.75) is 0 Å². The van der Waals surface area contributed by atoms with Gasteiger partial charge < -0.3 is 26.0 Å². The molecule has 0 unspecified atom stereocenters. The number of aromatic carboxylic acids is 1. The lowest BCUT2D eigenvalue weighted by atomic mass is 9.99. The second-order valence-corrected chi connectivity index (χ2v) is 6.11. The number of ketones is 1. The molecule has 0 bridgehead atoms. The minimum absolute atomic E-state index is 0.0558. The Bertz CT molecular complexity index is 1050. The summed E-state index contributed by atoms with van der Waals surface area (Å²) in [5, 5.41) is 26.4. The number of nitrogens with one attached hydrogen (secondary N) is 1. The van der Waals surface area contributed by atoms with Crippen LogP contribution in [0, 0.1) is 16.7 Å². The zero-order valence-electron chi connectivity index (χ0n) is 16.1. The largest absolute Gasteiger partial charge is 0.490 e. The van der Waals surface area contributed by atoms with Gasteiger partial charge in [0.2, 0.25) is 5.78 Å². The lowest BCUT2D eigenvalue weighted by molar-refractivity contribution is -0.108. The Balaban J connectivity index is 2.26. The number of hydrogen-bond donors (Lipinski definition) is 4. The van der Waals surface area contributed by atoms with E-state index in [1.165, 1.54) is 43.5 Å². The van der Waals surface area contributed by atoms with Crippen LogP contribution in [0.2, 0.25) is 0 Å². The summed E-state index contributed by atoms with van der Waals surface area (Å²) < 4.78 is 10.3. The standard InChI is InChI=1S/C21H20N4O5/c1-29-6-7-30-19-10-17(24)15(8-14(19)11-22)20(25)18(26)9-16(23)12-2-4-13(5-3-12)21(27)28/h2-5,8-10,25H,6-7,23-24H2,1H3,(H,27,28). The lowest BCUT2D eigenvalue weighted by Crippen LogP contribution is -2.16. The molecule has 0 aliphatic heterocycles. The number of nitrogen functional groups attached to an aromatic ring is 1. The Morgan fingerprint density at radius 3 is 2.40 bits per heavy atom. The molecule has 2 rings (SSSR count). The number of carbonyl (C=O) groups excluding carboxylic acids is 1. The highest BCUT2D eigenvalue weighted by Gasteiger charge is 2.17. The highest BCUT2D eigenvalue weighted by Crippen LogP contribution is 2.26. The van der Waals surface area contributed by atoms with Gasteiger partial charge in [-0.05, 0) is 23.8 Å². The van der Waals surface area contributed by atoms with Crippen LogP contribution in [0.4, 0.5) is 5.69 Å². The summed E-state index contributed by atoms with van der Waals surface area (Å²) in [4.78, 5) is 23.4. The molecule has 9 nitrogen and oxygen atoms in total. The molecule has 0 atom stereocenters. The Labute approximate surface area is 172 Å². The number of nitrogens with two attached hydrogens (primary N) is 2. The number of allylic oxidation sites excluding steroid dienone is 1. The molecular formula is C21H20N4O5. The van der Waals surface area contributed by atoms with Gasteiger partial charge in [-0.15, -0.1) is 0 Å². The fraction of sp³-hybridized carbons (Fsp3) is 0.143. The minimum Gasteiger partial charge on any atom is -0.490 e. The Kier molecular flexibility index (Phi) is 7.27. The molecule has 0 heterocycles. The monoisotopic (exact) mass is 408 g/mol. The van der Waals surface area contributed by atoms with Gasteiger partial charge >= 0.3 is 5.97 Å². The number of nitriles is 1. The number of carbonyl (C=O) groups is 2. The number of carboxylic acid groups (broad SMARTS) is 1. The predicted octanol–water partition coefficient (Wildman–Crippen LogP) is 1.80. The molecule has 2 aromatic carbocycles. The summed E-state index contributed by atoms with van der Waals surface area (Å²) >= 11 is 0. The van der Waals surface area contributed by atoms with Gasteiger partial charge in [0.05, 0.1) is 17.7 Å². The van der Waals surface area contributed by atoms with Crippen LogP contribution in [-0.2, 0) is 9.53 Å². The van der Waals surface area contributed by atoms with Crippen molar-refractivity contribution in [1.82, 2.24) is 0 Å². The summed E-state index contributed by atoms with van der Waals surface area (Å²) in [5.41, 5.74) is 12.3. The van der Waals surface area contributed by atoms with Crippen molar-refractivity contribution in [2.75, 3.05) is 26.1 Å². The number of anilines is 1. The van der Waals surface area contributed by atoms with E-state index < -0.39 is 17.5 Å². The molecule has 0 radical (unpaired) electrons. The molecule has 30 heavy (non-hydrogen) atoms. The minimum atomic E-state index is -1.08. The average molecular weight is 408 g/mol. The number of methoxy groups -OCH3 is 1. The van der Waals surface area contributed by atoms with Crippen LogP contribution in [0.3, 0.4) is 0 Å². The number of ether oxygens (including phenoxy) is 2. The maximum atomic E-state index is 12.5. The highest BCUT2D eigenvalue weighted by atomic mass is 16.5. The third-order valence-corrected chi connectivity index (χ3v) is 4.08. The topological polar surface area (TPSA) is 173 Å². The van der Waals surface area contributed by atoms with E-state index in [1.54, 1.807) is 0 Å².